The smallest absolute Gasteiger partial charge is 0.225 e. The summed E-state index contributed by atoms with van der Waals surface area (Å²) >= 11 is 0. The minimum atomic E-state index is 0.894. The van der Waals surface area contributed by atoms with E-state index < -0.39 is 0 Å². The zero-order valence-corrected chi connectivity index (χ0v) is 10.0. The van der Waals surface area contributed by atoms with Crippen molar-refractivity contribution in [3.8, 4) is 0 Å². The van der Waals surface area contributed by atoms with Gasteiger partial charge in [0.2, 0.25) is 5.95 Å². The van der Waals surface area contributed by atoms with Gasteiger partial charge in [0, 0.05) is 25.5 Å². The topological polar surface area (TPSA) is 29.0 Å². The molecule has 0 atom stereocenters. The van der Waals surface area contributed by atoms with Crippen LogP contribution < -0.4 is 4.90 Å². The zero-order valence-electron chi connectivity index (χ0n) is 10.0. The van der Waals surface area contributed by atoms with E-state index in [4.69, 9.17) is 0 Å². The summed E-state index contributed by atoms with van der Waals surface area (Å²) in [7, 11) is 0. The first-order chi connectivity index (χ1) is 7.36. The molecule has 1 aromatic rings. The fraction of sp³-hybridized carbons (Fsp3) is 0.667. The molecule has 3 nitrogen and oxygen atoms in total. The highest BCUT2D eigenvalue weighted by Crippen LogP contribution is 2.14. The van der Waals surface area contributed by atoms with Crippen LogP contribution in [-0.2, 0) is 0 Å². The van der Waals surface area contributed by atoms with Gasteiger partial charge in [0.25, 0.3) is 0 Å². The summed E-state index contributed by atoms with van der Waals surface area (Å²) in [6, 6.07) is 0. The maximum atomic E-state index is 4.32. The third kappa shape index (κ3) is 3.50. The molecular formula is C12H21N3. The van der Waals surface area contributed by atoms with Crippen molar-refractivity contribution in [3.05, 3.63) is 18.0 Å². The third-order valence-electron chi connectivity index (χ3n) is 2.41. The Kier molecular flexibility index (Phi) is 5.08. The molecule has 1 aliphatic heterocycles. The molecule has 84 valence electrons. The van der Waals surface area contributed by atoms with Crippen molar-refractivity contribution >= 4 is 5.95 Å². The molecule has 1 aliphatic rings. The average molecular weight is 207 g/mol. The molecule has 0 spiro atoms. The second-order valence-corrected chi connectivity index (χ2v) is 3.61. The van der Waals surface area contributed by atoms with E-state index in [-0.39, 0.29) is 0 Å². The number of hydrogen-bond donors (Lipinski definition) is 0. The van der Waals surface area contributed by atoms with E-state index in [0.29, 0.717) is 0 Å². The Balaban J connectivity index is 0.000000531. The van der Waals surface area contributed by atoms with Crippen LogP contribution in [0.2, 0.25) is 0 Å². The summed E-state index contributed by atoms with van der Waals surface area (Å²) in [6.45, 7) is 8.24. The van der Waals surface area contributed by atoms with E-state index in [1.807, 2.05) is 33.2 Å². The predicted molar refractivity (Wildman–Crippen MR) is 64.2 cm³/mol. The maximum absolute atomic E-state index is 4.32. The summed E-state index contributed by atoms with van der Waals surface area (Å²) in [5.74, 6) is 0.894. The highest BCUT2D eigenvalue weighted by atomic mass is 15.2. The number of anilines is 1. The van der Waals surface area contributed by atoms with Crippen molar-refractivity contribution < 1.29 is 0 Å². The standard InChI is InChI=1S/C10H15N3.C2H6/c1-9-7-11-10(12-8-9)13-5-3-2-4-6-13;1-2/h7-8H,2-6H2,1H3;1-2H3. The molecule has 3 heteroatoms. The predicted octanol–water partition coefficient (Wildman–Crippen LogP) is 2.80. The number of hydrogen-bond acceptors (Lipinski definition) is 3. The molecular weight excluding hydrogens is 186 g/mol. The summed E-state index contributed by atoms with van der Waals surface area (Å²) in [4.78, 5) is 10.9. The normalized spacial score (nSPS) is 15.5. The second kappa shape index (κ2) is 6.38. The van der Waals surface area contributed by atoms with Gasteiger partial charge in [-0.05, 0) is 31.7 Å². The van der Waals surface area contributed by atoms with Gasteiger partial charge < -0.3 is 4.90 Å². The monoisotopic (exact) mass is 207 g/mol. The Morgan fingerprint density at radius 3 is 2.07 bits per heavy atom. The van der Waals surface area contributed by atoms with E-state index in [9.17, 15) is 0 Å². The van der Waals surface area contributed by atoms with Crippen LogP contribution in [0.15, 0.2) is 12.4 Å². The van der Waals surface area contributed by atoms with Crippen LogP contribution in [0.25, 0.3) is 0 Å². The minimum absolute atomic E-state index is 0.894. The van der Waals surface area contributed by atoms with Crippen molar-refractivity contribution in [3.63, 3.8) is 0 Å². The van der Waals surface area contributed by atoms with Gasteiger partial charge in [-0.2, -0.15) is 0 Å². The van der Waals surface area contributed by atoms with Gasteiger partial charge in [0.05, 0.1) is 0 Å². The van der Waals surface area contributed by atoms with Gasteiger partial charge in [-0.1, -0.05) is 13.8 Å². The summed E-state index contributed by atoms with van der Waals surface area (Å²) in [6.07, 6.45) is 7.67. The SMILES string of the molecule is CC.Cc1cnc(N2CCCCC2)nc1. The third-order valence-corrected chi connectivity index (χ3v) is 2.41. The molecule has 15 heavy (non-hydrogen) atoms. The van der Waals surface area contributed by atoms with Crippen LogP contribution in [0.3, 0.4) is 0 Å². The Bertz CT molecular complexity index is 263. The van der Waals surface area contributed by atoms with Crippen LogP contribution in [0, 0.1) is 6.92 Å². The van der Waals surface area contributed by atoms with E-state index in [0.717, 1.165) is 24.6 Å². The first kappa shape index (κ1) is 12.0. The Morgan fingerprint density at radius 2 is 1.53 bits per heavy atom. The maximum Gasteiger partial charge on any atom is 0.225 e. The average Bonchev–Trinajstić information content (AvgIpc) is 2.34. The Labute approximate surface area is 92.6 Å². The fourth-order valence-corrected chi connectivity index (χ4v) is 1.64. The molecule has 1 fully saturated rings. The van der Waals surface area contributed by atoms with E-state index in [2.05, 4.69) is 14.9 Å². The lowest BCUT2D eigenvalue weighted by Crippen LogP contribution is -2.30. The van der Waals surface area contributed by atoms with E-state index >= 15 is 0 Å². The first-order valence-corrected chi connectivity index (χ1v) is 5.90. The van der Waals surface area contributed by atoms with Gasteiger partial charge in [0.15, 0.2) is 0 Å². The minimum Gasteiger partial charge on any atom is -0.341 e. The molecule has 0 bridgehead atoms. The lowest BCUT2D eigenvalue weighted by molar-refractivity contribution is 0.568. The Morgan fingerprint density at radius 1 is 1.00 bits per heavy atom. The quantitative estimate of drug-likeness (QED) is 0.709. The molecule has 1 aromatic heterocycles. The van der Waals surface area contributed by atoms with Crippen molar-refractivity contribution in [1.29, 1.82) is 0 Å². The van der Waals surface area contributed by atoms with Crippen LogP contribution in [0.4, 0.5) is 5.95 Å². The highest BCUT2D eigenvalue weighted by Gasteiger charge is 2.12. The summed E-state index contributed by atoms with van der Waals surface area (Å²) in [5, 5.41) is 0. The van der Waals surface area contributed by atoms with Gasteiger partial charge >= 0.3 is 0 Å². The van der Waals surface area contributed by atoms with Crippen LogP contribution in [0.1, 0.15) is 38.7 Å². The first-order valence-electron chi connectivity index (χ1n) is 5.90. The molecule has 0 amide bonds. The number of aryl methyl sites for hydroxylation is 1. The number of rotatable bonds is 1. The van der Waals surface area contributed by atoms with Crippen molar-refractivity contribution in [1.82, 2.24) is 9.97 Å². The molecule has 0 saturated carbocycles. The van der Waals surface area contributed by atoms with Gasteiger partial charge in [-0.3, -0.25) is 0 Å². The molecule has 2 rings (SSSR count). The van der Waals surface area contributed by atoms with Crippen molar-refractivity contribution in [2.24, 2.45) is 0 Å². The van der Waals surface area contributed by atoms with Crippen LogP contribution >= 0.6 is 0 Å². The molecule has 0 aliphatic carbocycles. The van der Waals surface area contributed by atoms with E-state index in [1.165, 1.54) is 19.3 Å². The van der Waals surface area contributed by atoms with E-state index in [1.54, 1.807) is 0 Å². The molecule has 2 heterocycles. The summed E-state index contributed by atoms with van der Waals surface area (Å²) in [5.41, 5.74) is 1.13. The van der Waals surface area contributed by atoms with Gasteiger partial charge in [0.1, 0.15) is 0 Å². The zero-order chi connectivity index (χ0) is 11.1. The van der Waals surface area contributed by atoms with Crippen molar-refractivity contribution in [2.75, 3.05) is 18.0 Å². The summed E-state index contributed by atoms with van der Waals surface area (Å²) < 4.78 is 0. The molecule has 0 unspecified atom stereocenters. The second-order valence-electron chi connectivity index (χ2n) is 3.61. The largest absolute Gasteiger partial charge is 0.341 e. The van der Waals surface area contributed by atoms with Gasteiger partial charge in [-0.25, -0.2) is 9.97 Å². The van der Waals surface area contributed by atoms with Crippen LogP contribution in [0.5, 0.6) is 0 Å². The lowest BCUT2D eigenvalue weighted by atomic mass is 10.1. The molecule has 0 radical (unpaired) electrons. The van der Waals surface area contributed by atoms with Crippen LogP contribution in [-0.4, -0.2) is 23.1 Å². The highest BCUT2D eigenvalue weighted by molar-refractivity contribution is 5.29. The fourth-order valence-electron chi connectivity index (χ4n) is 1.64. The number of aromatic nitrogens is 2. The Hall–Kier alpha value is -1.12. The van der Waals surface area contributed by atoms with Crippen molar-refractivity contribution in [2.45, 2.75) is 40.0 Å². The van der Waals surface area contributed by atoms with Gasteiger partial charge in [-0.15, -0.1) is 0 Å². The number of nitrogens with zero attached hydrogens (tertiary/aromatic N) is 3. The molecule has 0 N–H and O–H groups in total. The molecule has 1 saturated heterocycles. The lowest BCUT2D eigenvalue weighted by Gasteiger charge is -2.26. The number of piperidine rings is 1. The molecule has 0 aromatic carbocycles.